The van der Waals surface area contributed by atoms with Crippen molar-refractivity contribution >= 4 is 28.8 Å². The second kappa shape index (κ2) is 10.5. The van der Waals surface area contributed by atoms with Gasteiger partial charge >= 0.3 is 0 Å². The summed E-state index contributed by atoms with van der Waals surface area (Å²) < 4.78 is 5.80. The lowest BCUT2D eigenvalue weighted by atomic mass is 10.1. The van der Waals surface area contributed by atoms with Gasteiger partial charge in [-0.05, 0) is 56.0 Å². The Kier molecular flexibility index (Phi) is 7.22. The van der Waals surface area contributed by atoms with Crippen LogP contribution in [0.25, 0.3) is 0 Å². The average Bonchev–Trinajstić information content (AvgIpc) is 3.58. The molecule has 0 radical (unpaired) electrons. The molecule has 1 saturated carbocycles. The molecule has 6 heteroatoms. The Hall–Kier alpha value is -3.12. The molecule has 0 aliphatic heterocycles. The van der Waals surface area contributed by atoms with Crippen LogP contribution in [0.2, 0.25) is 0 Å². The van der Waals surface area contributed by atoms with Crippen LogP contribution in [-0.2, 0) is 22.6 Å². The monoisotopic (exact) mass is 448 g/mol. The summed E-state index contributed by atoms with van der Waals surface area (Å²) in [6.45, 7) is 3.23. The lowest BCUT2D eigenvalue weighted by Crippen LogP contribution is -2.35. The summed E-state index contributed by atoms with van der Waals surface area (Å²) in [7, 11) is 0. The number of rotatable bonds is 10. The van der Waals surface area contributed by atoms with Crippen molar-refractivity contribution in [3.63, 3.8) is 0 Å². The van der Waals surface area contributed by atoms with Crippen LogP contribution < -0.4 is 10.1 Å². The van der Waals surface area contributed by atoms with Crippen molar-refractivity contribution in [1.29, 1.82) is 0 Å². The van der Waals surface area contributed by atoms with Crippen LogP contribution in [0, 0.1) is 12.8 Å². The number of anilines is 1. The molecule has 2 amide bonds. The quantitative estimate of drug-likeness (QED) is 0.472. The molecule has 1 aliphatic carbocycles. The minimum atomic E-state index is -0.0561. The molecule has 1 heterocycles. The van der Waals surface area contributed by atoms with Crippen molar-refractivity contribution in [2.45, 2.75) is 32.7 Å². The predicted octanol–water partition coefficient (Wildman–Crippen LogP) is 5.06. The van der Waals surface area contributed by atoms with Gasteiger partial charge in [0.25, 0.3) is 5.91 Å². The number of carbonyl (C=O) groups excluding carboxylic acids is 2. The van der Waals surface area contributed by atoms with Crippen molar-refractivity contribution in [2.75, 3.05) is 18.5 Å². The van der Waals surface area contributed by atoms with E-state index in [1.807, 2.05) is 35.2 Å². The maximum Gasteiger partial charge on any atom is 0.260 e. The standard InChI is InChI=1S/C26H28N2O3S/c1-19-10-13-24(32-19)17-28(15-14-20-6-3-2-4-7-20)25(29)18-31-23-9-5-8-22(16-23)27-26(30)21-11-12-21/h2-10,13,16,21H,11-12,14-15,17-18H2,1H3,(H,27,30). The van der Waals surface area contributed by atoms with E-state index in [1.165, 1.54) is 10.4 Å². The van der Waals surface area contributed by atoms with Gasteiger partial charge < -0.3 is 15.0 Å². The van der Waals surface area contributed by atoms with Crippen LogP contribution in [0.15, 0.2) is 66.7 Å². The van der Waals surface area contributed by atoms with Crippen molar-refractivity contribution in [1.82, 2.24) is 4.90 Å². The Morgan fingerprint density at radius 1 is 1.06 bits per heavy atom. The molecule has 0 bridgehead atoms. The second-order valence-electron chi connectivity index (χ2n) is 8.14. The van der Waals surface area contributed by atoms with Crippen molar-refractivity contribution in [3.05, 3.63) is 82.0 Å². The Labute approximate surface area is 193 Å². The fourth-order valence-electron chi connectivity index (χ4n) is 3.45. The van der Waals surface area contributed by atoms with E-state index in [9.17, 15) is 9.59 Å². The van der Waals surface area contributed by atoms with Gasteiger partial charge in [-0.25, -0.2) is 0 Å². The normalized spacial score (nSPS) is 12.9. The number of amides is 2. The summed E-state index contributed by atoms with van der Waals surface area (Å²) in [5.41, 5.74) is 1.90. The number of aryl methyl sites for hydroxylation is 1. The molecule has 4 rings (SSSR count). The smallest absolute Gasteiger partial charge is 0.260 e. The van der Waals surface area contributed by atoms with Gasteiger partial charge in [0.05, 0.1) is 6.54 Å². The van der Waals surface area contributed by atoms with E-state index in [0.29, 0.717) is 24.5 Å². The van der Waals surface area contributed by atoms with Crippen LogP contribution in [0.3, 0.4) is 0 Å². The lowest BCUT2D eigenvalue weighted by Gasteiger charge is -2.22. The van der Waals surface area contributed by atoms with Crippen molar-refractivity contribution in [3.8, 4) is 5.75 Å². The number of carbonyl (C=O) groups is 2. The highest BCUT2D eigenvalue weighted by Gasteiger charge is 2.29. The summed E-state index contributed by atoms with van der Waals surface area (Å²) in [4.78, 5) is 29.3. The van der Waals surface area contributed by atoms with E-state index in [-0.39, 0.29) is 24.3 Å². The minimum Gasteiger partial charge on any atom is -0.484 e. The summed E-state index contributed by atoms with van der Waals surface area (Å²) >= 11 is 1.71. The highest BCUT2D eigenvalue weighted by atomic mass is 32.1. The third-order valence-corrected chi connectivity index (χ3v) is 6.41. The Bertz CT molecular complexity index is 1060. The van der Waals surface area contributed by atoms with Gasteiger partial charge in [0.15, 0.2) is 6.61 Å². The molecule has 32 heavy (non-hydrogen) atoms. The number of hydrogen-bond donors (Lipinski definition) is 1. The third-order valence-electron chi connectivity index (χ3n) is 5.42. The largest absolute Gasteiger partial charge is 0.484 e. The number of hydrogen-bond acceptors (Lipinski definition) is 4. The SMILES string of the molecule is Cc1ccc(CN(CCc2ccccc2)C(=O)COc2cccc(NC(=O)C3CC3)c2)s1. The fraction of sp³-hybridized carbons (Fsp3) is 0.308. The number of ether oxygens (including phenoxy) is 1. The van der Waals surface area contributed by atoms with Crippen LogP contribution in [0.4, 0.5) is 5.69 Å². The first kappa shape index (κ1) is 22.1. The van der Waals surface area contributed by atoms with Gasteiger partial charge in [-0.1, -0.05) is 36.4 Å². The zero-order chi connectivity index (χ0) is 22.3. The molecule has 1 aliphatic rings. The highest BCUT2D eigenvalue weighted by Crippen LogP contribution is 2.30. The number of nitrogens with zero attached hydrogens (tertiary/aromatic N) is 1. The summed E-state index contributed by atoms with van der Waals surface area (Å²) in [5.74, 6) is 0.707. The van der Waals surface area contributed by atoms with Gasteiger partial charge in [0, 0.05) is 34.0 Å². The summed E-state index contributed by atoms with van der Waals surface area (Å²) in [6, 6.07) is 21.6. The molecular formula is C26H28N2O3S. The van der Waals surface area contributed by atoms with Gasteiger partial charge in [0.2, 0.25) is 5.91 Å². The van der Waals surface area contributed by atoms with Crippen molar-refractivity contribution < 1.29 is 14.3 Å². The lowest BCUT2D eigenvalue weighted by molar-refractivity contribution is -0.134. The zero-order valence-corrected chi connectivity index (χ0v) is 19.1. The molecule has 0 unspecified atom stereocenters. The number of nitrogens with one attached hydrogen (secondary N) is 1. The van der Waals surface area contributed by atoms with Crippen molar-refractivity contribution in [2.24, 2.45) is 5.92 Å². The molecule has 1 aromatic heterocycles. The molecular weight excluding hydrogens is 420 g/mol. The van der Waals surface area contributed by atoms with Crippen LogP contribution >= 0.6 is 11.3 Å². The molecule has 2 aromatic carbocycles. The Morgan fingerprint density at radius 3 is 2.59 bits per heavy atom. The van der Waals surface area contributed by atoms with E-state index in [2.05, 4.69) is 36.5 Å². The van der Waals surface area contributed by atoms with E-state index in [1.54, 1.807) is 23.5 Å². The average molecular weight is 449 g/mol. The van der Waals surface area contributed by atoms with Gasteiger partial charge in [-0.15, -0.1) is 11.3 Å². The molecule has 3 aromatic rings. The number of benzene rings is 2. The van der Waals surface area contributed by atoms with E-state index >= 15 is 0 Å². The highest BCUT2D eigenvalue weighted by molar-refractivity contribution is 7.11. The number of thiophene rings is 1. The summed E-state index contributed by atoms with van der Waals surface area (Å²) in [6.07, 6.45) is 2.71. The van der Waals surface area contributed by atoms with Crippen LogP contribution in [0.5, 0.6) is 5.75 Å². The first-order valence-electron chi connectivity index (χ1n) is 11.0. The first-order chi connectivity index (χ1) is 15.6. The molecule has 1 N–H and O–H groups in total. The molecule has 166 valence electrons. The zero-order valence-electron chi connectivity index (χ0n) is 18.3. The fourth-order valence-corrected chi connectivity index (χ4v) is 4.35. The van der Waals surface area contributed by atoms with Crippen LogP contribution in [-0.4, -0.2) is 29.9 Å². The third kappa shape index (κ3) is 6.44. The maximum absolute atomic E-state index is 13.0. The maximum atomic E-state index is 13.0. The molecule has 0 atom stereocenters. The summed E-state index contributed by atoms with van der Waals surface area (Å²) in [5, 5.41) is 2.92. The molecule has 1 fully saturated rings. The van der Waals surface area contributed by atoms with E-state index < -0.39 is 0 Å². The molecule has 5 nitrogen and oxygen atoms in total. The van der Waals surface area contributed by atoms with E-state index in [0.717, 1.165) is 24.1 Å². The minimum absolute atomic E-state index is 0.0425. The Balaban J connectivity index is 1.37. The van der Waals surface area contributed by atoms with Gasteiger partial charge in [-0.2, -0.15) is 0 Å². The molecule has 0 spiro atoms. The first-order valence-corrected chi connectivity index (χ1v) is 11.8. The Morgan fingerprint density at radius 2 is 1.88 bits per heavy atom. The molecule has 0 saturated heterocycles. The van der Waals surface area contributed by atoms with E-state index in [4.69, 9.17) is 4.74 Å². The topological polar surface area (TPSA) is 58.6 Å². The second-order valence-corrected chi connectivity index (χ2v) is 9.52. The van der Waals surface area contributed by atoms with Gasteiger partial charge in [0.1, 0.15) is 5.75 Å². The van der Waals surface area contributed by atoms with Crippen LogP contribution in [0.1, 0.15) is 28.2 Å². The van der Waals surface area contributed by atoms with Gasteiger partial charge in [-0.3, -0.25) is 9.59 Å². The predicted molar refractivity (Wildman–Crippen MR) is 128 cm³/mol.